The summed E-state index contributed by atoms with van der Waals surface area (Å²) in [6.45, 7) is 3.78. The molecule has 0 spiro atoms. The number of hydrogen-bond acceptors (Lipinski definition) is 8. The summed E-state index contributed by atoms with van der Waals surface area (Å²) in [5.74, 6) is 0.534. The predicted octanol–water partition coefficient (Wildman–Crippen LogP) is 6.85. The van der Waals surface area contributed by atoms with Crippen LogP contribution < -0.4 is 5.32 Å². The van der Waals surface area contributed by atoms with Crippen molar-refractivity contribution in [2.45, 2.75) is 211 Å². The van der Waals surface area contributed by atoms with Crippen LogP contribution in [0.3, 0.4) is 0 Å². The second-order valence-corrected chi connectivity index (χ2v) is 15.0. The van der Waals surface area contributed by atoms with Crippen molar-refractivity contribution in [3.63, 3.8) is 0 Å². The van der Waals surface area contributed by atoms with E-state index in [1.807, 2.05) is 0 Å². The van der Waals surface area contributed by atoms with Crippen LogP contribution in [-0.2, 0) is 14.3 Å². The molecule has 1 saturated heterocycles. The van der Waals surface area contributed by atoms with Crippen LogP contribution in [0.25, 0.3) is 0 Å². The topological polar surface area (TPSA) is 149 Å². The van der Waals surface area contributed by atoms with Gasteiger partial charge >= 0.3 is 0 Å². The maximum atomic E-state index is 13.1. The molecule has 0 radical (unpaired) electrons. The Bertz CT molecular complexity index is 841. The van der Waals surface area contributed by atoms with Gasteiger partial charge in [0.15, 0.2) is 6.29 Å². The summed E-state index contributed by atoms with van der Waals surface area (Å²) in [7, 11) is 0. The van der Waals surface area contributed by atoms with E-state index in [1.54, 1.807) is 6.08 Å². The van der Waals surface area contributed by atoms with Crippen LogP contribution in [0.1, 0.15) is 168 Å². The van der Waals surface area contributed by atoms with E-state index in [9.17, 15) is 30.3 Å². The smallest absolute Gasteiger partial charge is 0.220 e. The number of unbranched alkanes of at least 4 members (excludes halogenated alkanes) is 18. The van der Waals surface area contributed by atoms with Gasteiger partial charge in [0.2, 0.25) is 5.91 Å². The third kappa shape index (κ3) is 18.3. The van der Waals surface area contributed by atoms with Gasteiger partial charge in [-0.3, -0.25) is 4.79 Å². The molecule has 49 heavy (non-hydrogen) atoms. The second kappa shape index (κ2) is 27.6. The molecule has 9 atom stereocenters. The standard InChI is InChI=1S/C40H75NO8/c1-3-5-7-9-11-13-15-17-19-21-23-31-25-27-34(43)33(30-48-40-39(47)38(46)37(45)35(29-42)49-40)41-36(44)28-26-32(31)24-22-20-18-16-14-12-10-8-6-4-2/h25,27,31-35,37-40,42-43,45-47H,3-24,26,28-30H2,1-2H3,(H,41,44)/b27-25+/t31?,32?,33-,34+,35+,37+,38?,39?,40+/m0/s1. The van der Waals surface area contributed by atoms with Crippen LogP contribution in [0.4, 0.5) is 0 Å². The normalized spacial score (nSPS) is 30.3. The van der Waals surface area contributed by atoms with Gasteiger partial charge in [-0.2, -0.15) is 0 Å². The van der Waals surface area contributed by atoms with E-state index in [-0.39, 0.29) is 12.5 Å². The average molecular weight is 698 g/mol. The Morgan fingerprint density at radius 1 is 0.694 bits per heavy atom. The number of allylic oxidation sites excluding steroid dienone is 1. The number of hydrogen-bond donors (Lipinski definition) is 6. The lowest BCUT2D eigenvalue weighted by Gasteiger charge is -2.40. The van der Waals surface area contributed by atoms with Crippen LogP contribution in [0, 0.1) is 11.8 Å². The summed E-state index contributed by atoms with van der Waals surface area (Å²) in [6, 6.07) is -0.785. The molecular formula is C40H75NO8. The Kier molecular flexibility index (Phi) is 24.8. The highest BCUT2D eigenvalue weighted by Crippen LogP contribution is 2.31. The number of aliphatic hydroxyl groups excluding tert-OH is 5. The van der Waals surface area contributed by atoms with Crippen LogP contribution in [0.15, 0.2) is 12.2 Å². The number of carbonyl (C=O) groups is 1. The SMILES string of the molecule is CCCCCCCCCCCCC1/C=C/[C@@H](O)[C@H](CO[C@@H]2O[C@H](CO)[C@@H](O)C(O)C2O)NC(=O)CCC1CCCCCCCCCCCC. The van der Waals surface area contributed by atoms with Gasteiger partial charge in [0.05, 0.1) is 25.4 Å². The number of aliphatic hydroxyl groups is 5. The summed E-state index contributed by atoms with van der Waals surface area (Å²) >= 11 is 0. The van der Waals surface area contributed by atoms with Crippen molar-refractivity contribution in [2.75, 3.05) is 13.2 Å². The lowest BCUT2D eigenvalue weighted by atomic mass is 9.80. The van der Waals surface area contributed by atoms with Gasteiger partial charge < -0.3 is 40.3 Å². The summed E-state index contributed by atoms with van der Waals surface area (Å²) in [4.78, 5) is 13.1. The number of ether oxygens (including phenoxy) is 2. The molecule has 0 aromatic carbocycles. The summed E-state index contributed by atoms with van der Waals surface area (Å²) in [5, 5.41) is 54.2. The van der Waals surface area contributed by atoms with Gasteiger partial charge in [0.25, 0.3) is 0 Å². The molecule has 0 bridgehead atoms. The number of carbonyl (C=O) groups excluding carboxylic acids is 1. The highest BCUT2D eigenvalue weighted by Gasteiger charge is 2.44. The molecule has 0 aliphatic carbocycles. The van der Waals surface area contributed by atoms with Crippen molar-refractivity contribution < 1.29 is 39.8 Å². The lowest BCUT2D eigenvalue weighted by molar-refractivity contribution is -0.302. The van der Waals surface area contributed by atoms with Crippen LogP contribution >= 0.6 is 0 Å². The van der Waals surface area contributed by atoms with Crippen molar-refractivity contribution in [2.24, 2.45) is 11.8 Å². The zero-order valence-corrected chi connectivity index (χ0v) is 31.2. The molecule has 2 rings (SSSR count). The third-order valence-electron chi connectivity index (χ3n) is 10.8. The van der Waals surface area contributed by atoms with Crippen LogP contribution in [-0.4, -0.2) is 87.5 Å². The Balaban J connectivity index is 1.95. The van der Waals surface area contributed by atoms with Crippen molar-refractivity contribution in [3.8, 4) is 0 Å². The maximum Gasteiger partial charge on any atom is 0.220 e. The van der Waals surface area contributed by atoms with Crippen molar-refractivity contribution in [3.05, 3.63) is 12.2 Å². The monoisotopic (exact) mass is 698 g/mol. The van der Waals surface area contributed by atoms with Crippen LogP contribution in [0.5, 0.6) is 0 Å². The zero-order chi connectivity index (χ0) is 35.7. The molecule has 2 heterocycles. The molecule has 6 N–H and O–H groups in total. The minimum absolute atomic E-state index is 0.150. The van der Waals surface area contributed by atoms with E-state index in [2.05, 4.69) is 25.2 Å². The van der Waals surface area contributed by atoms with Gasteiger partial charge in [0.1, 0.15) is 24.4 Å². The predicted molar refractivity (Wildman–Crippen MR) is 196 cm³/mol. The fourth-order valence-corrected chi connectivity index (χ4v) is 7.44. The Morgan fingerprint density at radius 2 is 1.20 bits per heavy atom. The third-order valence-corrected chi connectivity index (χ3v) is 10.8. The molecular weight excluding hydrogens is 622 g/mol. The van der Waals surface area contributed by atoms with E-state index in [0.717, 1.165) is 25.7 Å². The van der Waals surface area contributed by atoms with Crippen molar-refractivity contribution in [1.29, 1.82) is 0 Å². The van der Waals surface area contributed by atoms with Gasteiger partial charge in [-0.05, 0) is 31.1 Å². The zero-order valence-electron chi connectivity index (χ0n) is 31.2. The molecule has 9 nitrogen and oxygen atoms in total. The largest absolute Gasteiger partial charge is 0.394 e. The van der Waals surface area contributed by atoms with E-state index in [0.29, 0.717) is 18.3 Å². The average Bonchev–Trinajstić information content (AvgIpc) is 3.10. The Morgan fingerprint density at radius 3 is 1.73 bits per heavy atom. The van der Waals surface area contributed by atoms with Crippen molar-refractivity contribution >= 4 is 5.91 Å². The van der Waals surface area contributed by atoms with E-state index >= 15 is 0 Å². The molecule has 0 aromatic heterocycles. The lowest BCUT2D eigenvalue weighted by Crippen LogP contribution is -2.60. The first-order chi connectivity index (χ1) is 23.8. The second-order valence-electron chi connectivity index (χ2n) is 15.0. The van der Waals surface area contributed by atoms with Crippen LogP contribution in [0.2, 0.25) is 0 Å². The maximum absolute atomic E-state index is 13.1. The van der Waals surface area contributed by atoms with Crippen molar-refractivity contribution in [1.82, 2.24) is 5.32 Å². The fraction of sp³-hybridized carbons (Fsp3) is 0.925. The van der Waals surface area contributed by atoms with E-state index in [1.165, 1.54) is 122 Å². The fourth-order valence-electron chi connectivity index (χ4n) is 7.44. The summed E-state index contributed by atoms with van der Waals surface area (Å²) < 4.78 is 11.2. The first kappa shape index (κ1) is 44.1. The quantitative estimate of drug-likeness (QED) is 0.0425. The Hall–Kier alpha value is -1.07. The first-order valence-corrected chi connectivity index (χ1v) is 20.4. The molecule has 1 amide bonds. The van der Waals surface area contributed by atoms with Gasteiger partial charge in [-0.1, -0.05) is 154 Å². The molecule has 0 aromatic rings. The molecule has 0 saturated carbocycles. The van der Waals surface area contributed by atoms with E-state index < -0.39 is 49.5 Å². The molecule has 4 unspecified atom stereocenters. The van der Waals surface area contributed by atoms with Gasteiger partial charge in [0, 0.05) is 6.42 Å². The summed E-state index contributed by atoms with van der Waals surface area (Å²) in [5.41, 5.74) is 0. The highest BCUT2D eigenvalue weighted by atomic mass is 16.7. The highest BCUT2D eigenvalue weighted by molar-refractivity contribution is 5.76. The number of rotatable bonds is 26. The van der Waals surface area contributed by atoms with Gasteiger partial charge in [-0.25, -0.2) is 0 Å². The summed E-state index contributed by atoms with van der Waals surface area (Å²) in [6.07, 6.45) is 25.2. The molecule has 2 aliphatic rings. The Labute approximate surface area is 298 Å². The van der Waals surface area contributed by atoms with Gasteiger partial charge in [-0.15, -0.1) is 0 Å². The minimum atomic E-state index is -1.56. The molecule has 2 aliphatic heterocycles. The molecule has 9 heteroatoms. The first-order valence-electron chi connectivity index (χ1n) is 20.4. The number of nitrogens with one attached hydrogen (secondary N) is 1. The van der Waals surface area contributed by atoms with E-state index in [4.69, 9.17) is 9.47 Å². The molecule has 288 valence electrons. The number of amides is 1. The minimum Gasteiger partial charge on any atom is -0.394 e. The molecule has 1 fully saturated rings.